The molecule has 1 rings (SSSR count). The van der Waals surface area contributed by atoms with Gasteiger partial charge in [0.05, 0.1) is 0 Å². The number of carbonyl (C=O) groups is 1. The minimum atomic E-state index is 0.139. The third-order valence-electron chi connectivity index (χ3n) is 1.28. The molecule has 1 nitrogen and oxygen atoms in total. The molecule has 0 bridgehead atoms. The van der Waals surface area contributed by atoms with Crippen LogP contribution in [0.15, 0.2) is 29.2 Å². The summed E-state index contributed by atoms with van der Waals surface area (Å²) in [4.78, 5) is 11.8. The molecule has 0 spiro atoms. The fourth-order valence-corrected chi connectivity index (χ4v) is 2.14. The third kappa shape index (κ3) is 3.32. The number of carbonyl (C=O) groups excluding carboxylic acids is 1. The lowest BCUT2D eigenvalue weighted by Crippen LogP contribution is -1.75. The van der Waals surface area contributed by atoms with Crippen LogP contribution in [0.4, 0.5) is 0 Å². The summed E-state index contributed by atoms with van der Waals surface area (Å²) in [6, 6.07) is 8.14. The zero-order valence-electron chi connectivity index (χ0n) is 7.03. The molecular weight excluding hydrogens is 188 g/mol. The molecule has 0 unspecified atom stereocenters. The molecular formula is C9H10OS2. The third-order valence-corrected chi connectivity index (χ3v) is 3.59. The zero-order chi connectivity index (χ0) is 8.97. The monoisotopic (exact) mass is 198 g/mol. The smallest absolute Gasteiger partial charge is 0.196 e. The largest absolute Gasteiger partial charge is 0.287 e. The van der Waals surface area contributed by atoms with E-state index in [4.69, 9.17) is 0 Å². The fourth-order valence-electron chi connectivity index (χ4n) is 0.701. The van der Waals surface area contributed by atoms with Gasteiger partial charge in [0.2, 0.25) is 0 Å². The Morgan fingerprint density at radius 3 is 2.33 bits per heavy atom. The molecule has 0 N–H and O–H groups in total. The minimum Gasteiger partial charge on any atom is -0.287 e. The zero-order valence-corrected chi connectivity index (χ0v) is 8.67. The van der Waals surface area contributed by atoms with Crippen LogP contribution in [0.5, 0.6) is 0 Å². The van der Waals surface area contributed by atoms with Gasteiger partial charge in [0.15, 0.2) is 5.12 Å². The molecule has 0 atom stereocenters. The molecule has 0 saturated heterocycles. The highest BCUT2D eigenvalue weighted by Gasteiger charge is 1.96. The summed E-state index contributed by atoms with van der Waals surface area (Å²) in [5, 5.41) is 0.139. The van der Waals surface area contributed by atoms with Crippen LogP contribution in [0.3, 0.4) is 0 Å². The summed E-state index contributed by atoms with van der Waals surface area (Å²) in [6.45, 7) is 3.62. The van der Waals surface area contributed by atoms with Crippen LogP contribution < -0.4 is 0 Å². The Labute approximate surface area is 80.3 Å². The van der Waals surface area contributed by atoms with Crippen molar-refractivity contribution in [3.8, 4) is 0 Å². The maximum Gasteiger partial charge on any atom is 0.196 e. The van der Waals surface area contributed by atoms with Gasteiger partial charge in [0, 0.05) is 11.8 Å². The van der Waals surface area contributed by atoms with Crippen LogP contribution in [0, 0.1) is 6.92 Å². The Morgan fingerprint density at radius 1 is 1.25 bits per heavy atom. The first kappa shape index (κ1) is 9.68. The first-order valence-corrected chi connectivity index (χ1v) is 5.75. The van der Waals surface area contributed by atoms with E-state index in [9.17, 15) is 4.79 Å². The summed E-state index contributed by atoms with van der Waals surface area (Å²) in [7, 11) is 2.77. The van der Waals surface area contributed by atoms with Crippen LogP contribution >= 0.6 is 21.6 Å². The molecule has 64 valence electrons. The van der Waals surface area contributed by atoms with E-state index in [-0.39, 0.29) is 5.12 Å². The molecule has 0 aliphatic heterocycles. The summed E-state index contributed by atoms with van der Waals surface area (Å²) in [6.07, 6.45) is 0. The van der Waals surface area contributed by atoms with Gasteiger partial charge in [0.25, 0.3) is 0 Å². The maximum absolute atomic E-state index is 10.6. The summed E-state index contributed by atoms with van der Waals surface area (Å²) < 4.78 is 0. The Kier molecular flexibility index (Phi) is 3.69. The average molecular weight is 198 g/mol. The highest BCUT2D eigenvalue weighted by atomic mass is 33.1. The van der Waals surface area contributed by atoms with Gasteiger partial charge in [0.1, 0.15) is 0 Å². The van der Waals surface area contributed by atoms with Gasteiger partial charge in [-0.25, -0.2) is 0 Å². The second-order valence-electron chi connectivity index (χ2n) is 2.47. The van der Waals surface area contributed by atoms with Crippen molar-refractivity contribution in [1.82, 2.24) is 0 Å². The van der Waals surface area contributed by atoms with E-state index in [1.165, 1.54) is 27.2 Å². The van der Waals surface area contributed by atoms with Crippen LogP contribution in [0.25, 0.3) is 0 Å². The van der Waals surface area contributed by atoms with Gasteiger partial charge in [-0.1, -0.05) is 17.7 Å². The molecule has 0 saturated carbocycles. The fraction of sp³-hybridized carbons (Fsp3) is 0.222. The van der Waals surface area contributed by atoms with Crippen molar-refractivity contribution < 1.29 is 4.79 Å². The van der Waals surface area contributed by atoms with Crippen molar-refractivity contribution in [2.24, 2.45) is 0 Å². The Balaban J connectivity index is 2.53. The van der Waals surface area contributed by atoms with Crippen molar-refractivity contribution >= 4 is 26.7 Å². The molecule has 0 aliphatic rings. The van der Waals surface area contributed by atoms with Crippen LogP contribution in [-0.2, 0) is 4.79 Å². The van der Waals surface area contributed by atoms with Crippen molar-refractivity contribution in [1.29, 1.82) is 0 Å². The number of aryl methyl sites for hydroxylation is 1. The van der Waals surface area contributed by atoms with E-state index < -0.39 is 0 Å². The topological polar surface area (TPSA) is 17.1 Å². The lowest BCUT2D eigenvalue weighted by molar-refractivity contribution is -0.109. The normalized spacial score (nSPS) is 9.83. The van der Waals surface area contributed by atoms with E-state index >= 15 is 0 Å². The molecule has 0 radical (unpaired) electrons. The van der Waals surface area contributed by atoms with E-state index in [0.29, 0.717) is 0 Å². The van der Waals surface area contributed by atoms with Crippen molar-refractivity contribution in [3.63, 3.8) is 0 Å². The number of hydrogen-bond acceptors (Lipinski definition) is 3. The molecule has 1 aromatic rings. The first-order valence-electron chi connectivity index (χ1n) is 3.60. The maximum atomic E-state index is 10.6. The van der Waals surface area contributed by atoms with E-state index in [1.807, 2.05) is 31.2 Å². The average Bonchev–Trinajstić information content (AvgIpc) is 2.03. The number of rotatable bonds is 2. The lowest BCUT2D eigenvalue weighted by Gasteiger charge is -1.97. The van der Waals surface area contributed by atoms with Crippen molar-refractivity contribution in [3.05, 3.63) is 29.8 Å². The minimum absolute atomic E-state index is 0.139. The first-order chi connectivity index (χ1) is 5.68. The molecule has 0 heterocycles. The van der Waals surface area contributed by atoms with E-state index in [2.05, 4.69) is 0 Å². The van der Waals surface area contributed by atoms with Crippen LogP contribution in [0.1, 0.15) is 12.5 Å². The SMILES string of the molecule is CC(=O)SSc1ccc(C)cc1. The Morgan fingerprint density at radius 2 is 1.83 bits per heavy atom. The summed E-state index contributed by atoms with van der Waals surface area (Å²) >= 11 is 0. The van der Waals surface area contributed by atoms with Gasteiger partial charge < -0.3 is 0 Å². The van der Waals surface area contributed by atoms with Crippen molar-refractivity contribution in [2.45, 2.75) is 18.7 Å². The second kappa shape index (κ2) is 4.58. The van der Waals surface area contributed by atoms with Crippen LogP contribution in [-0.4, -0.2) is 5.12 Å². The van der Waals surface area contributed by atoms with Gasteiger partial charge in [-0.15, -0.1) is 0 Å². The molecule has 1 aromatic carbocycles. The summed E-state index contributed by atoms with van der Waals surface area (Å²) in [5.41, 5.74) is 1.24. The van der Waals surface area contributed by atoms with Gasteiger partial charge >= 0.3 is 0 Å². The molecule has 0 aliphatic carbocycles. The molecule has 0 amide bonds. The Bertz CT molecular complexity index is 266. The number of hydrogen-bond donors (Lipinski definition) is 0. The molecule has 0 aromatic heterocycles. The molecule has 3 heteroatoms. The highest BCUT2D eigenvalue weighted by molar-refractivity contribution is 8.82. The van der Waals surface area contributed by atoms with E-state index in [0.717, 1.165) is 4.90 Å². The van der Waals surface area contributed by atoms with Crippen molar-refractivity contribution in [2.75, 3.05) is 0 Å². The predicted molar refractivity (Wildman–Crippen MR) is 55.3 cm³/mol. The number of benzene rings is 1. The van der Waals surface area contributed by atoms with Crippen LogP contribution in [0.2, 0.25) is 0 Å². The Hall–Kier alpha value is -0.410. The molecule has 0 fully saturated rings. The quantitative estimate of drug-likeness (QED) is 0.679. The van der Waals surface area contributed by atoms with Gasteiger partial charge in [-0.2, -0.15) is 0 Å². The highest BCUT2D eigenvalue weighted by Crippen LogP contribution is 2.31. The standard InChI is InChI=1S/C9H10OS2/c1-7-3-5-9(6-4-7)12-11-8(2)10/h3-6H,1-2H3. The second-order valence-corrected chi connectivity index (χ2v) is 4.85. The van der Waals surface area contributed by atoms with E-state index in [1.54, 1.807) is 6.92 Å². The lowest BCUT2D eigenvalue weighted by atomic mass is 10.2. The predicted octanol–water partition coefficient (Wildman–Crippen LogP) is 3.28. The summed E-state index contributed by atoms with van der Waals surface area (Å²) in [5.74, 6) is 0. The molecule has 12 heavy (non-hydrogen) atoms. The van der Waals surface area contributed by atoms with Gasteiger partial charge in [-0.05, 0) is 40.6 Å². The van der Waals surface area contributed by atoms with Gasteiger partial charge in [-0.3, -0.25) is 4.79 Å².